The van der Waals surface area contributed by atoms with Crippen molar-refractivity contribution in [3.63, 3.8) is 0 Å². The number of ether oxygens (including phenoxy) is 1. The molecule has 0 aliphatic carbocycles. The number of halogens is 3. The van der Waals surface area contributed by atoms with Gasteiger partial charge in [0.15, 0.2) is 0 Å². The summed E-state index contributed by atoms with van der Waals surface area (Å²) in [5.41, 5.74) is 7.02. The van der Waals surface area contributed by atoms with E-state index in [1.807, 2.05) is 0 Å². The van der Waals surface area contributed by atoms with E-state index in [2.05, 4.69) is 15.0 Å². The minimum absolute atomic E-state index is 0.214. The molecule has 118 valence electrons. The van der Waals surface area contributed by atoms with Gasteiger partial charge >= 0.3 is 6.36 Å². The molecule has 0 aromatic heterocycles. The molecule has 1 aromatic rings. The number of alkyl halides is 3. The van der Waals surface area contributed by atoms with Crippen LogP contribution in [0.2, 0.25) is 0 Å². The second kappa shape index (κ2) is 7.00. The lowest BCUT2D eigenvalue weighted by atomic mass is 10.1. The summed E-state index contributed by atoms with van der Waals surface area (Å²) in [5, 5.41) is 3.28. The predicted molar refractivity (Wildman–Crippen MR) is 75.2 cm³/mol. The van der Waals surface area contributed by atoms with E-state index in [4.69, 9.17) is 5.73 Å². The van der Waals surface area contributed by atoms with Crippen molar-refractivity contribution in [3.05, 3.63) is 23.8 Å². The summed E-state index contributed by atoms with van der Waals surface area (Å²) >= 11 is 0. The summed E-state index contributed by atoms with van der Waals surface area (Å²) in [4.78, 5) is 2.34. The summed E-state index contributed by atoms with van der Waals surface area (Å²) in [6, 6.07) is 4.07. The average molecular weight is 303 g/mol. The molecule has 0 amide bonds. The van der Waals surface area contributed by atoms with Gasteiger partial charge in [0.25, 0.3) is 0 Å². The third-order valence-electron chi connectivity index (χ3n) is 3.48. The molecule has 1 saturated heterocycles. The number of hydrogen-bond donors (Lipinski definition) is 2. The topological polar surface area (TPSA) is 50.5 Å². The lowest BCUT2D eigenvalue weighted by Crippen LogP contribution is -2.43. The van der Waals surface area contributed by atoms with Crippen molar-refractivity contribution in [2.24, 2.45) is 0 Å². The smallest absolute Gasteiger partial charge is 0.406 e. The van der Waals surface area contributed by atoms with Crippen LogP contribution in [0.4, 0.5) is 18.9 Å². The van der Waals surface area contributed by atoms with Crippen LogP contribution in [-0.2, 0) is 6.42 Å². The molecule has 7 heteroatoms. The molecule has 1 aliphatic heterocycles. The zero-order chi connectivity index (χ0) is 15.3. The molecule has 0 radical (unpaired) electrons. The number of nitrogens with zero attached hydrogens (tertiary/aromatic N) is 1. The minimum atomic E-state index is -4.67. The third kappa shape index (κ3) is 5.43. The van der Waals surface area contributed by atoms with E-state index in [0.717, 1.165) is 39.1 Å². The Bertz CT molecular complexity index is 459. The summed E-state index contributed by atoms with van der Waals surface area (Å²) < 4.78 is 40.5. The van der Waals surface area contributed by atoms with Gasteiger partial charge in [-0.25, -0.2) is 0 Å². The first-order valence-corrected chi connectivity index (χ1v) is 7.01. The van der Waals surface area contributed by atoms with Gasteiger partial charge in [-0.15, -0.1) is 13.2 Å². The Hall–Kier alpha value is -1.47. The summed E-state index contributed by atoms with van der Waals surface area (Å²) in [7, 11) is 0. The highest BCUT2D eigenvalue weighted by Crippen LogP contribution is 2.26. The highest BCUT2D eigenvalue weighted by Gasteiger charge is 2.31. The third-order valence-corrected chi connectivity index (χ3v) is 3.48. The summed E-state index contributed by atoms with van der Waals surface area (Å²) in [5.74, 6) is -0.214. The maximum absolute atomic E-state index is 12.2. The molecule has 1 aromatic carbocycles. The molecule has 1 heterocycles. The SMILES string of the molecule is Nc1ccc(OC(F)(F)F)cc1CCCN1CCNCC1. The van der Waals surface area contributed by atoms with Crippen LogP contribution in [0.15, 0.2) is 18.2 Å². The van der Waals surface area contributed by atoms with Crippen LogP contribution < -0.4 is 15.8 Å². The van der Waals surface area contributed by atoms with E-state index >= 15 is 0 Å². The Morgan fingerprint density at radius 1 is 1.24 bits per heavy atom. The molecule has 21 heavy (non-hydrogen) atoms. The molecule has 1 aliphatic rings. The van der Waals surface area contributed by atoms with Crippen molar-refractivity contribution in [2.45, 2.75) is 19.2 Å². The maximum Gasteiger partial charge on any atom is 0.573 e. The molecule has 0 bridgehead atoms. The zero-order valence-corrected chi connectivity index (χ0v) is 11.7. The number of nitrogens with two attached hydrogens (primary N) is 1. The Morgan fingerprint density at radius 2 is 1.95 bits per heavy atom. The Morgan fingerprint density at radius 3 is 2.62 bits per heavy atom. The van der Waals surface area contributed by atoms with Crippen LogP contribution >= 0.6 is 0 Å². The lowest BCUT2D eigenvalue weighted by molar-refractivity contribution is -0.274. The van der Waals surface area contributed by atoms with Crippen LogP contribution in [0.5, 0.6) is 5.75 Å². The van der Waals surface area contributed by atoms with E-state index in [0.29, 0.717) is 17.7 Å². The van der Waals surface area contributed by atoms with Gasteiger partial charge in [-0.05, 0) is 43.1 Å². The Kier molecular flexibility index (Phi) is 5.30. The van der Waals surface area contributed by atoms with E-state index < -0.39 is 6.36 Å². The molecule has 0 atom stereocenters. The van der Waals surface area contributed by atoms with Crippen LogP contribution in [-0.4, -0.2) is 44.0 Å². The molecule has 4 nitrogen and oxygen atoms in total. The van der Waals surface area contributed by atoms with Gasteiger partial charge in [-0.2, -0.15) is 0 Å². The standard InChI is InChI=1S/C14H20F3N3O/c15-14(16,17)21-12-3-4-13(18)11(10-12)2-1-7-20-8-5-19-6-9-20/h3-4,10,19H,1-2,5-9,18H2. The molecule has 0 spiro atoms. The number of nitrogen functional groups attached to an aromatic ring is 1. The first-order chi connectivity index (χ1) is 9.94. The Balaban J connectivity index is 1.87. The second-order valence-corrected chi connectivity index (χ2v) is 5.10. The van der Waals surface area contributed by atoms with Gasteiger partial charge in [0.2, 0.25) is 0 Å². The molecule has 0 unspecified atom stereocenters. The molecular formula is C14H20F3N3O. The maximum atomic E-state index is 12.2. The molecule has 1 fully saturated rings. The normalized spacial score (nSPS) is 16.9. The van der Waals surface area contributed by atoms with Gasteiger partial charge in [-0.1, -0.05) is 0 Å². The van der Waals surface area contributed by atoms with Gasteiger partial charge in [0, 0.05) is 31.9 Å². The predicted octanol–water partition coefficient (Wildman–Crippen LogP) is 2.01. The van der Waals surface area contributed by atoms with E-state index in [9.17, 15) is 13.2 Å². The van der Waals surface area contributed by atoms with Crippen molar-refractivity contribution in [3.8, 4) is 5.75 Å². The van der Waals surface area contributed by atoms with Gasteiger partial charge in [0.05, 0.1) is 0 Å². The number of nitrogens with one attached hydrogen (secondary N) is 1. The van der Waals surface area contributed by atoms with Crippen LogP contribution in [0, 0.1) is 0 Å². The fourth-order valence-electron chi connectivity index (χ4n) is 2.42. The number of hydrogen-bond acceptors (Lipinski definition) is 4. The number of rotatable bonds is 5. The first-order valence-electron chi connectivity index (χ1n) is 7.01. The molecule has 0 saturated carbocycles. The monoisotopic (exact) mass is 303 g/mol. The largest absolute Gasteiger partial charge is 0.573 e. The molecular weight excluding hydrogens is 283 g/mol. The number of aryl methyl sites for hydroxylation is 1. The van der Waals surface area contributed by atoms with Crippen LogP contribution in [0.3, 0.4) is 0 Å². The van der Waals surface area contributed by atoms with E-state index in [1.165, 1.54) is 18.2 Å². The van der Waals surface area contributed by atoms with Crippen molar-refractivity contribution >= 4 is 5.69 Å². The summed E-state index contributed by atoms with van der Waals surface area (Å²) in [6.45, 7) is 4.90. The van der Waals surface area contributed by atoms with Gasteiger partial charge in [0.1, 0.15) is 5.75 Å². The summed E-state index contributed by atoms with van der Waals surface area (Å²) in [6.07, 6.45) is -3.17. The number of benzene rings is 1. The quantitative estimate of drug-likeness (QED) is 0.817. The van der Waals surface area contributed by atoms with E-state index in [1.54, 1.807) is 0 Å². The van der Waals surface area contributed by atoms with Crippen molar-refractivity contribution in [2.75, 3.05) is 38.5 Å². The van der Waals surface area contributed by atoms with E-state index in [-0.39, 0.29) is 5.75 Å². The van der Waals surface area contributed by atoms with Crippen LogP contribution in [0.25, 0.3) is 0 Å². The zero-order valence-electron chi connectivity index (χ0n) is 11.7. The average Bonchev–Trinajstić information content (AvgIpc) is 2.42. The number of anilines is 1. The fraction of sp³-hybridized carbons (Fsp3) is 0.571. The molecule has 3 N–H and O–H groups in total. The van der Waals surface area contributed by atoms with Crippen molar-refractivity contribution in [1.82, 2.24) is 10.2 Å². The lowest BCUT2D eigenvalue weighted by Gasteiger charge is -2.27. The minimum Gasteiger partial charge on any atom is -0.406 e. The van der Waals surface area contributed by atoms with Crippen LogP contribution in [0.1, 0.15) is 12.0 Å². The highest BCUT2D eigenvalue weighted by atomic mass is 19.4. The van der Waals surface area contributed by atoms with Gasteiger partial charge < -0.3 is 20.7 Å². The first kappa shape index (κ1) is 15.9. The highest BCUT2D eigenvalue weighted by molar-refractivity contribution is 5.50. The van der Waals surface area contributed by atoms with Gasteiger partial charge in [-0.3, -0.25) is 0 Å². The number of piperazine rings is 1. The van der Waals surface area contributed by atoms with Crippen molar-refractivity contribution < 1.29 is 17.9 Å². The van der Waals surface area contributed by atoms with Crippen molar-refractivity contribution in [1.29, 1.82) is 0 Å². The molecule has 2 rings (SSSR count). The Labute approximate surface area is 122 Å². The fourth-order valence-corrected chi connectivity index (χ4v) is 2.42. The second-order valence-electron chi connectivity index (χ2n) is 5.10.